The monoisotopic (exact) mass is 309 g/mol. The van der Waals surface area contributed by atoms with Crippen molar-refractivity contribution in [3.05, 3.63) is 23.8 Å². The number of nitrogens with two attached hydrogens (primary N) is 1. The van der Waals surface area contributed by atoms with E-state index in [9.17, 15) is 5.11 Å². The second-order valence-electron chi connectivity index (χ2n) is 5.92. The highest BCUT2D eigenvalue weighted by Gasteiger charge is 2.19. The molecule has 22 heavy (non-hydrogen) atoms. The van der Waals surface area contributed by atoms with Crippen LogP contribution in [0.2, 0.25) is 0 Å². The van der Waals surface area contributed by atoms with Crippen molar-refractivity contribution in [2.24, 2.45) is 5.73 Å². The molecule has 1 rings (SSSR count). The lowest BCUT2D eigenvalue weighted by molar-refractivity contribution is 0.124. The third kappa shape index (κ3) is 5.50. The molecule has 0 heterocycles. The van der Waals surface area contributed by atoms with E-state index in [1.807, 2.05) is 18.2 Å². The fraction of sp³-hybridized carbons (Fsp3) is 0.667. The molecule has 0 saturated heterocycles. The zero-order valence-corrected chi connectivity index (χ0v) is 14.3. The number of hydrogen-bond donors (Lipinski definition) is 2. The molecule has 126 valence electrons. The van der Waals surface area contributed by atoms with Gasteiger partial charge in [-0.3, -0.25) is 0 Å². The van der Waals surface area contributed by atoms with Crippen LogP contribution in [-0.2, 0) is 0 Å². The minimum Gasteiger partial charge on any atom is -0.493 e. The van der Waals surface area contributed by atoms with Crippen LogP contribution in [0.3, 0.4) is 0 Å². The maximum atomic E-state index is 10.2. The molecule has 3 atom stereocenters. The first-order chi connectivity index (χ1) is 10.5. The first-order valence-corrected chi connectivity index (χ1v) is 8.27. The summed E-state index contributed by atoms with van der Waals surface area (Å²) in [6, 6.07) is 5.82. The molecule has 3 unspecified atom stereocenters. The van der Waals surface area contributed by atoms with Gasteiger partial charge in [0.2, 0.25) is 0 Å². The largest absolute Gasteiger partial charge is 0.493 e. The fourth-order valence-corrected chi connectivity index (χ4v) is 2.52. The highest BCUT2D eigenvalue weighted by Crippen LogP contribution is 2.32. The molecule has 1 aromatic rings. The number of ether oxygens (including phenoxy) is 2. The first-order valence-electron chi connectivity index (χ1n) is 8.27. The molecule has 3 N–H and O–H groups in total. The number of methoxy groups -OCH3 is 1. The van der Waals surface area contributed by atoms with Gasteiger partial charge in [0.1, 0.15) is 0 Å². The van der Waals surface area contributed by atoms with Crippen LogP contribution in [0.25, 0.3) is 0 Å². The van der Waals surface area contributed by atoms with Crippen LogP contribution >= 0.6 is 0 Å². The van der Waals surface area contributed by atoms with Gasteiger partial charge in [0.25, 0.3) is 0 Å². The molecule has 0 radical (unpaired) electrons. The topological polar surface area (TPSA) is 64.7 Å². The van der Waals surface area contributed by atoms with Crippen LogP contribution in [0.4, 0.5) is 0 Å². The van der Waals surface area contributed by atoms with Gasteiger partial charge < -0.3 is 20.3 Å². The highest BCUT2D eigenvalue weighted by molar-refractivity contribution is 5.43. The second kappa shape index (κ2) is 9.70. The molecule has 0 bridgehead atoms. The fourth-order valence-electron chi connectivity index (χ4n) is 2.52. The maximum Gasteiger partial charge on any atom is 0.161 e. The number of rotatable bonds is 10. The first kappa shape index (κ1) is 18.8. The Labute approximate surface area is 134 Å². The molecule has 0 spiro atoms. The van der Waals surface area contributed by atoms with Crippen LogP contribution < -0.4 is 15.2 Å². The molecule has 4 heteroatoms. The average molecular weight is 309 g/mol. The molecule has 0 fully saturated rings. The molecular formula is C18H31NO3. The third-order valence-corrected chi connectivity index (χ3v) is 3.93. The van der Waals surface area contributed by atoms with Crippen LogP contribution in [0.5, 0.6) is 11.5 Å². The van der Waals surface area contributed by atoms with Crippen LogP contribution in [0.15, 0.2) is 18.2 Å². The predicted octanol–water partition coefficient (Wildman–Crippen LogP) is 3.47. The summed E-state index contributed by atoms with van der Waals surface area (Å²) >= 11 is 0. The van der Waals surface area contributed by atoms with Gasteiger partial charge >= 0.3 is 0 Å². The predicted molar refractivity (Wildman–Crippen MR) is 90.7 cm³/mol. The van der Waals surface area contributed by atoms with Crippen LogP contribution in [0.1, 0.15) is 57.9 Å². The highest BCUT2D eigenvalue weighted by atomic mass is 16.5. The molecule has 0 aromatic heterocycles. The number of hydrogen-bond acceptors (Lipinski definition) is 4. The van der Waals surface area contributed by atoms with Crippen molar-refractivity contribution >= 4 is 0 Å². The van der Waals surface area contributed by atoms with Gasteiger partial charge in [-0.15, -0.1) is 0 Å². The van der Waals surface area contributed by atoms with Crippen molar-refractivity contribution in [1.29, 1.82) is 0 Å². The summed E-state index contributed by atoms with van der Waals surface area (Å²) in [7, 11) is 1.65. The van der Waals surface area contributed by atoms with Crippen molar-refractivity contribution in [3.8, 4) is 11.5 Å². The van der Waals surface area contributed by atoms with Crippen molar-refractivity contribution in [3.63, 3.8) is 0 Å². The average Bonchev–Trinajstić information content (AvgIpc) is 2.52. The summed E-state index contributed by atoms with van der Waals surface area (Å²) in [5.74, 6) is 1.72. The summed E-state index contributed by atoms with van der Waals surface area (Å²) in [6.45, 7) is 6.93. The van der Waals surface area contributed by atoms with E-state index < -0.39 is 6.10 Å². The van der Waals surface area contributed by atoms with Gasteiger partial charge in [-0.1, -0.05) is 33.3 Å². The lowest BCUT2D eigenvalue weighted by atomic mass is 9.91. The van der Waals surface area contributed by atoms with E-state index in [0.29, 0.717) is 13.0 Å². The standard InChI is InChI=1S/C18H31NO3/c1-5-7-15(19)16(20)11-13(3)14-8-9-17(22-10-6-2)18(12-14)21-4/h8-9,12-13,15-16,20H,5-7,10-11,19H2,1-4H3. The van der Waals surface area contributed by atoms with Crippen LogP contribution in [0, 0.1) is 0 Å². The smallest absolute Gasteiger partial charge is 0.161 e. The second-order valence-corrected chi connectivity index (χ2v) is 5.92. The van der Waals surface area contributed by atoms with Gasteiger partial charge in [-0.2, -0.15) is 0 Å². The summed E-state index contributed by atoms with van der Waals surface area (Å²) in [5.41, 5.74) is 7.12. The Balaban J connectivity index is 2.74. The molecule has 0 saturated carbocycles. The third-order valence-electron chi connectivity index (χ3n) is 3.93. The van der Waals surface area contributed by atoms with E-state index in [1.165, 1.54) is 0 Å². The Bertz CT molecular complexity index is 436. The molecular weight excluding hydrogens is 278 g/mol. The van der Waals surface area contributed by atoms with E-state index in [-0.39, 0.29) is 12.0 Å². The SMILES string of the molecule is CCCOc1ccc(C(C)CC(O)C(N)CCC)cc1OC. The van der Waals surface area contributed by atoms with E-state index in [1.54, 1.807) is 7.11 Å². The summed E-state index contributed by atoms with van der Waals surface area (Å²) < 4.78 is 11.1. The minimum absolute atomic E-state index is 0.151. The zero-order valence-electron chi connectivity index (χ0n) is 14.3. The van der Waals surface area contributed by atoms with Crippen molar-refractivity contribution in [1.82, 2.24) is 0 Å². The zero-order chi connectivity index (χ0) is 16.5. The van der Waals surface area contributed by atoms with Crippen molar-refractivity contribution in [2.75, 3.05) is 13.7 Å². The van der Waals surface area contributed by atoms with Gasteiger partial charge in [-0.25, -0.2) is 0 Å². The van der Waals surface area contributed by atoms with E-state index >= 15 is 0 Å². The lowest BCUT2D eigenvalue weighted by Gasteiger charge is -2.22. The Hall–Kier alpha value is -1.26. The Kier molecular flexibility index (Phi) is 8.28. The summed E-state index contributed by atoms with van der Waals surface area (Å²) in [6.07, 6.45) is 2.98. The number of aliphatic hydroxyl groups is 1. The Morgan fingerprint density at radius 1 is 1.18 bits per heavy atom. The quantitative estimate of drug-likeness (QED) is 0.694. The molecule has 4 nitrogen and oxygen atoms in total. The van der Waals surface area contributed by atoms with Crippen LogP contribution in [-0.4, -0.2) is 31.0 Å². The molecule has 1 aromatic carbocycles. The normalized spacial score (nSPS) is 15.2. The Morgan fingerprint density at radius 2 is 1.91 bits per heavy atom. The molecule has 0 aliphatic heterocycles. The molecule has 0 amide bonds. The van der Waals surface area contributed by atoms with Gasteiger partial charge in [0.15, 0.2) is 11.5 Å². The van der Waals surface area contributed by atoms with Gasteiger partial charge in [0, 0.05) is 6.04 Å². The maximum absolute atomic E-state index is 10.2. The lowest BCUT2D eigenvalue weighted by Crippen LogP contribution is -2.35. The van der Waals surface area contributed by atoms with Crippen molar-refractivity contribution in [2.45, 2.75) is 64.5 Å². The minimum atomic E-state index is -0.475. The van der Waals surface area contributed by atoms with E-state index in [4.69, 9.17) is 15.2 Å². The Morgan fingerprint density at radius 3 is 2.50 bits per heavy atom. The summed E-state index contributed by atoms with van der Waals surface area (Å²) in [4.78, 5) is 0. The van der Waals surface area contributed by atoms with Crippen molar-refractivity contribution < 1.29 is 14.6 Å². The number of benzene rings is 1. The number of aliphatic hydroxyl groups excluding tert-OH is 1. The molecule has 0 aliphatic rings. The van der Waals surface area contributed by atoms with E-state index in [2.05, 4.69) is 20.8 Å². The summed E-state index contributed by atoms with van der Waals surface area (Å²) in [5, 5.41) is 10.2. The van der Waals surface area contributed by atoms with E-state index in [0.717, 1.165) is 36.3 Å². The van der Waals surface area contributed by atoms with Gasteiger partial charge in [0.05, 0.1) is 19.8 Å². The molecule has 0 aliphatic carbocycles. The van der Waals surface area contributed by atoms with Gasteiger partial charge in [-0.05, 0) is 42.9 Å².